The average molecular weight is 467 g/mol. The molecule has 2 fully saturated rings. The molecule has 0 radical (unpaired) electrons. The van der Waals surface area contributed by atoms with Gasteiger partial charge in [0, 0.05) is 31.7 Å². The summed E-state index contributed by atoms with van der Waals surface area (Å²) in [6.07, 6.45) is 0. The van der Waals surface area contributed by atoms with Crippen molar-refractivity contribution < 1.29 is 28.9 Å². The molecule has 1 atom stereocenters. The molecule has 2 aliphatic heterocycles. The van der Waals surface area contributed by atoms with E-state index in [0.29, 0.717) is 50.0 Å². The highest BCUT2D eigenvalue weighted by molar-refractivity contribution is 6.46. The first-order valence-corrected chi connectivity index (χ1v) is 11.5. The minimum atomic E-state index is -0.696. The van der Waals surface area contributed by atoms with Crippen LogP contribution in [0.15, 0.2) is 54.1 Å². The van der Waals surface area contributed by atoms with Gasteiger partial charge in [0.15, 0.2) is 0 Å². The Kier molecular flexibility index (Phi) is 7.49. The van der Waals surface area contributed by atoms with Gasteiger partial charge < -0.3 is 24.2 Å². The van der Waals surface area contributed by atoms with Crippen LogP contribution in [0, 0.1) is 0 Å². The Labute approximate surface area is 199 Å². The van der Waals surface area contributed by atoms with Crippen molar-refractivity contribution in [2.45, 2.75) is 13.0 Å². The van der Waals surface area contributed by atoms with E-state index in [0.717, 1.165) is 18.7 Å². The first-order valence-electron chi connectivity index (χ1n) is 11.5. The molecule has 0 spiro atoms. The van der Waals surface area contributed by atoms with E-state index in [1.807, 2.05) is 19.1 Å². The number of morpholine rings is 1. The second-order valence-electron chi connectivity index (χ2n) is 8.18. The fourth-order valence-corrected chi connectivity index (χ4v) is 4.35. The van der Waals surface area contributed by atoms with Gasteiger partial charge in [-0.1, -0.05) is 12.1 Å². The topological polar surface area (TPSA) is 88.5 Å². The summed E-state index contributed by atoms with van der Waals surface area (Å²) in [6.45, 7) is 6.26. The molecule has 180 valence electrons. The summed E-state index contributed by atoms with van der Waals surface area (Å²) in [6, 6.07) is 13.4. The van der Waals surface area contributed by atoms with Gasteiger partial charge in [-0.3, -0.25) is 14.5 Å². The Bertz CT molecular complexity index is 1040. The summed E-state index contributed by atoms with van der Waals surface area (Å²) in [7, 11) is 1.58. The maximum Gasteiger partial charge on any atom is 0.295 e. The summed E-state index contributed by atoms with van der Waals surface area (Å²) < 4.78 is 16.1. The highest BCUT2D eigenvalue weighted by Gasteiger charge is 2.46. The van der Waals surface area contributed by atoms with Gasteiger partial charge in [-0.15, -0.1) is 0 Å². The van der Waals surface area contributed by atoms with E-state index in [1.54, 1.807) is 48.4 Å². The van der Waals surface area contributed by atoms with E-state index >= 15 is 0 Å². The van der Waals surface area contributed by atoms with Crippen LogP contribution in [-0.2, 0) is 14.3 Å². The zero-order valence-electron chi connectivity index (χ0n) is 19.5. The molecule has 2 aliphatic rings. The van der Waals surface area contributed by atoms with Crippen LogP contribution in [0.2, 0.25) is 0 Å². The Morgan fingerprint density at radius 1 is 1.00 bits per heavy atom. The summed E-state index contributed by atoms with van der Waals surface area (Å²) in [5.41, 5.74) is 1.27. The van der Waals surface area contributed by atoms with E-state index in [2.05, 4.69) is 4.90 Å². The van der Waals surface area contributed by atoms with E-state index in [1.165, 1.54) is 0 Å². The van der Waals surface area contributed by atoms with Crippen molar-refractivity contribution in [2.75, 3.05) is 53.1 Å². The Morgan fingerprint density at radius 3 is 2.26 bits per heavy atom. The molecule has 0 saturated carbocycles. The maximum absolute atomic E-state index is 13.2. The number of aliphatic hydroxyl groups excluding tert-OH is 1. The minimum Gasteiger partial charge on any atom is -0.507 e. The van der Waals surface area contributed by atoms with Gasteiger partial charge in [-0.2, -0.15) is 0 Å². The molecule has 0 aliphatic carbocycles. The van der Waals surface area contributed by atoms with Crippen molar-refractivity contribution in [1.82, 2.24) is 9.80 Å². The molecule has 8 heteroatoms. The summed E-state index contributed by atoms with van der Waals surface area (Å²) in [5.74, 6) is -0.163. The van der Waals surface area contributed by atoms with Crippen LogP contribution >= 0.6 is 0 Å². The quantitative estimate of drug-likeness (QED) is 0.364. The number of Topliss-reactive ketones (excluding diaryl/α,β-unsaturated/α-hetero) is 1. The number of likely N-dealkylation sites (tertiary alicyclic amines) is 1. The number of hydrogen-bond donors (Lipinski definition) is 1. The average Bonchev–Trinajstić information content (AvgIpc) is 3.13. The van der Waals surface area contributed by atoms with Crippen molar-refractivity contribution in [3.8, 4) is 11.5 Å². The van der Waals surface area contributed by atoms with E-state index in [-0.39, 0.29) is 11.3 Å². The number of methoxy groups -OCH3 is 1. The number of ketones is 1. The second-order valence-corrected chi connectivity index (χ2v) is 8.18. The van der Waals surface area contributed by atoms with Crippen molar-refractivity contribution >= 4 is 17.4 Å². The van der Waals surface area contributed by atoms with Crippen LogP contribution in [0.1, 0.15) is 24.1 Å². The van der Waals surface area contributed by atoms with Gasteiger partial charge in [0.2, 0.25) is 0 Å². The maximum atomic E-state index is 13.2. The minimum absolute atomic E-state index is 0.0845. The molecule has 4 rings (SSSR count). The number of ether oxygens (including phenoxy) is 3. The lowest BCUT2D eigenvalue weighted by Gasteiger charge is -2.31. The number of carbonyl (C=O) groups is 2. The number of rotatable bonds is 8. The van der Waals surface area contributed by atoms with Gasteiger partial charge in [0.1, 0.15) is 17.3 Å². The van der Waals surface area contributed by atoms with Crippen LogP contribution in [0.5, 0.6) is 11.5 Å². The van der Waals surface area contributed by atoms with E-state index in [9.17, 15) is 14.7 Å². The molecule has 34 heavy (non-hydrogen) atoms. The summed E-state index contributed by atoms with van der Waals surface area (Å²) >= 11 is 0. The second kappa shape index (κ2) is 10.7. The van der Waals surface area contributed by atoms with Crippen LogP contribution in [-0.4, -0.2) is 79.7 Å². The van der Waals surface area contributed by atoms with Crippen molar-refractivity contribution in [1.29, 1.82) is 0 Å². The van der Waals surface area contributed by atoms with Crippen LogP contribution < -0.4 is 9.47 Å². The largest absolute Gasteiger partial charge is 0.507 e. The fraction of sp³-hybridized carbons (Fsp3) is 0.385. The molecular weight excluding hydrogens is 436 g/mol. The monoisotopic (exact) mass is 466 g/mol. The number of hydrogen-bond acceptors (Lipinski definition) is 7. The summed E-state index contributed by atoms with van der Waals surface area (Å²) in [4.78, 5) is 30.0. The van der Waals surface area contributed by atoms with Gasteiger partial charge >= 0.3 is 0 Å². The summed E-state index contributed by atoms with van der Waals surface area (Å²) in [5, 5.41) is 11.2. The SMILES string of the molecule is CCOc1ccc(/C(O)=C2/C(=O)C(=O)N(CCN3CCOCC3)C2c2ccc(OC)cc2)cc1. The number of amides is 1. The van der Waals surface area contributed by atoms with Crippen LogP contribution in [0.25, 0.3) is 5.76 Å². The smallest absolute Gasteiger partial charge is 0.295 e. The van der Waals surface area contributed by atoms with E-state index in [4.69, 9.17) is 14.2 Å². The molecule has 0 bridgehead atoms. The van der Waals surface area contributed by atoms with Crippen LogP contribution in [0.4, 0.5) is 0 Å². The lowest BCUT2D eigenvalue weighted by Crippen LogP contribution is -2.42. The molecule has 1 N–H and O–H groups in total. The molecule has 2 saturated heterocycles. The normalized spacial score (nSPS) is 20.5. The third kappa shape index (κ3) is 4.93. The third-order valence-electron chi connectivity index (χ3n) is 6.17. The Balaban J connectivity index is 1.70. The lowest BCUT2D eigenvalue weighted by molar-refractivity contribution is -0.140. The van der Waals surface area contributed by atoms with Gasteiger partial charge in [0.05, 0.1) is 38.5 Å². The predicted octanol–water partition coefficient (Wildman–Crippen LogP) is 2.85. The molecule has 2 heterocycles. The molecule has 2 aromatic carbocycles. The zero-order valence-corrected chi connectivity index (χ0v) is 19.5. The number of carbonyl (C=O) groups excluding carboxylic acids is 2. The predicted molar refractivity (Wildman–Crippen MR) is 127 cm³/mol. The fourth-order valence-electron chi connectivity index (χ4n) is 4.35. The molecule has 0 aromatic heterocycles. The van der Waals surface area contributed by atoms with Crippen molar-refractivity contribution in [2.24, 2.45) is 0 Å². The van der Waals surface area contributed by atoms with Crippen LogP contribution in [0.3, 0.4) is 0 Å². The Morgan fingerprint density at radius 2 is 1.65 bits per heavy atom. The first-order chi connectivity index (χ1) is 16.5. The van der Waals surface area contributed by atoms with Crippen molar-refractivity contribution in [3.05, 3.63) is 65.2 Å². The van der Waals surface area contributed by atoms with Gasteiger partial charge in [-0.25, -0.2) is 0 Å². The number of nitrogens with zero attached hydrogens (tertiary/aromatic N) is 2. The third-order valence-corrected chi connectivity index (χ3v) is 6.17. The van der Waals surface area contributed by atoms with E-state index < -0.39 is 17.7 Å². The first kappa shape index (κ1) is 23.8. The van der Waals surface area contributed by atoms with Crippen molar-refractivity contribution in [3.63, 3.8) is 0 Å². The lowest BCUT2D eigenvalue weighted by atomic mass is 9.95. The molecule has 8 nitrogen and oxygen atoms in total. The molecule has 1 amide bonds. The molecular formula is C26H30N2O6. The highest BCUT2D eigenvalue weighted by atomic mass is 16.5. The standard InChI is InChI=1S/C26H30N2O6/c1-3-34-21-10-6-19(7-11-21)24(29)22-23(18-4-8-20(32-2)9-5-18)28(26(31)25(22)30)13-12-27-14-16-33-17-15-27/h4-11,23,29H,3,12-17H2,1-2H3/b24-22-. The molecule has 1 unspecified atom stereocenters. The Hall–Kier alpha value is -3.36. The molecule has 2 aromatic rings. The van der Waals surface area contributed by atoms with Gasteiger partial charge in [-0.05, 0) is 48.9 Å². The number of benzene rings is 2. The van der Waals surface area contributed by atoms with Gasteiger partial charge in [0.25, 0.3) is 11.7 Å². The number of aliphatic hydroxyl groups is 1. The highest BCUT2D eigenvalue weighted by Crippen LogP contribution is 2.39. The zero-order chi connectivity index (χ0) is 24.1.